The molecule has 8 heteroatoms. The Morgan fingerprint density at radius 1 is 1.03 bits per heavy atom. The zero-order chi connectivity index (χ0) is 25.3. The van der Waals surface area contributed by atoms with Crippen LogP contribution >= 0.6 is 0 Å². The number of hydrogen-bond donors (Lipinski definition) is 3. The van der Waals surface area contributed by atoms with Crippen LogP contribution in [0.15, 0.2) is 70.9 Å². The molecule has 8 nitrogen and oxygen atoms in total. The van der Waals surface area contributed by atoms with E-state index in [0.29, 0.717) is 28.2 Å². The summed E-state index contributed by atoms with van der Waals surface area (Å²) in [6, 6.07) is 17.8. The molecule has 1 aliphatic rings. The van der Waals surface area contributed by atoms with Crippen LogP contribution in [-0.2, 0) is 9.59 Å². The van der Waals surface area contributed by atoms with Crippen molar-refractivity contribution < 1.29 is 19.8 Å². The van der Waals surface area contributed by atoms with Gasteiger partial charge in [0.2, 0.25) is 0 Å². The first-order chi connectivity index (χ1) is 16.7. The van der Waals surface area contributed by atoms with Gasteiger partial charge in [-0.25, -0.2) is 0 Å². The fraction of sp³-hybridized carbons (Fsp3) is 0.185. The molecule has 1 atom stereocenters. The quantitative estimate of drug-likeness (QED) is 0.344. The number of phenolic OH excluding ortho intramolecular Hbond substituents is 1. The zero-order valence-electron chi connectivity index (χ0n) is 19.9. The third kappa shape index (κ3) is 4.63. The maximum absolute atomic E-state index is 13.0. The van der Waals surface area contributed by atoms with Crippen molar-refractivity contribution in [1.82, 2.24) is 0 Å². The Hall–Kier alpha value is -4.46. The fourth-order valence-corrected chi connectivity index (χ4v) is 3.74. The van der Waals surface area contributed by atoms with Gasteiger partial charge in [0, 0.05) is 5.56 Å². The molecule has 0 aliphatic carbocycles. The smallest absolute Gasteiger partial charge is 0.310 e. The molecule has 0 radical (unpaired) electrons. The summed E-state index contributed by atoms with van der Waals surface area (Å²) in [4.78, 5) is 24.2. The number of aromatic hydroxyl groups is 1. The van der Waals surface area contributed by atoms with E-state index in [4.69, 9.17) is 0 Å². The maximum Gasteiger partial charge on any atom is 0.310 e. The Morgan fingerprint density at radius 3 is 2.40 bits per heavy atom. The number of anilines is 2. The molecule has 178 valence electrons. The third-order valence-corrected chi connectivity index (χ3v) is 6.14. The van der Waals surface area contributed by atoms with Gasteiger partial charge in [-0.15, -0.1) is 0 Å². The van der Waals surface area contributed by atoms with E-state index in [1.807, 2.05) is 32.0 Å². The minimum Gasteiger partial charge on any atom is -0.505 e. The van der Waals surface area contributed by atoms with Crippen LogP contribution in [0, 0.1) is 13.8 Å². The van der Waals surface area contributed by atoms with E-state index in [0.717, 1.165) is 16.7 Å². The number of carboxylic acids is 1. The first-order valence-corrected chi connectivity index (χ1v) is 11.1. The number of carboxylic acid groups (broad SMARTS) is 1. The van der Waals surface area contributed by atoms with Gasteiger partial charge >= 0.3 is 11.9 Å². The van der Waals surface area contributed by atoms with Gasteiger partial charge in [0.15, 0.2) is 5.71 Å². The van der Waals surface area contributed by atoms with Crippen LogP contribution in [0.4, 0.5) is 11.4 Å². The van der Waals surface area contributed by atoms with Crippen LogP contribution in [0.3, 0.4) is 0 Å². The summed E-state index contributed by atoms with van der Waals surface area (Å²) < 4.78 is 0. The molecule has 35 heavy (non-hydrogen) atoms. The summed E-state index contributed by atoms with van der Waals surface area (Å²) in [5.74, 6) is -1.93. The number of aryl methyl sites for hydroxylation is 2. The number of aliphatic carboxylic acids is 1. The SMILES string of the molecule is CC1=NN(c2ccc(C)c(C)c2)C(=O)/C1=N\Nc1cccc(-c2ccc([C@@H](C)C(=O)O)cc2)c1O. The molecule has 3 N–H and O–H groups in total. The number of phenols is 1. The van der Waals surface area contributed by atoms with Crippen molar-refractivity contribution in [2.75, 3.05) is 10.4 Å². The topological polar surface area (TPSA) is 115 Å². The van der Waals surface area contributed by atoms with Crippen molar-refractivity contribution in [3.8, 4) is 16.9 Å². The Morgan fingerprint density at radius 2 is 1.74 bits per heavy atom. The van der Waals surface area contributed by atoms with E-state index in [9.17, 15) is 19.8 Å². The second kappa shape index (κ2) is 9.42. The Labute approximate surface area is 203 Å². The molecule has 0 unspecified atom stereocenters. The maximum atomic E-state index is 13.0. The number of para-hydroxylation sites is 1. The molecule has 0 aromatic heterocycles. The fourth-order valence-electron chi connectivity index (χ4n) is 3.74. The molecule has 0 saturated heterocycles. The van der Waals surface area contributed by atoms with Crippen molar-refractivity contribution in [2.45, 2.75) is 33.6 Å². The minimum atomic E-state index is -0.901. The van der Waals surface area contributed by atoms with Crippen LogP contribution in [0.1, 0.15) is 36.5 Å². The lowest BCUT2D eigenvalue weighted by Gasteiger charge is -2.13. The van der Waals surface area contributed by atoms with E-state index in [1.165, 1.54) is 5.01 Å². The molecule has 1 amide bonds. The summed E-state index contributed by atoms with van der Waals surface area (Å²) in [7, 11) is 0. The predicted molar refractivity (Wildman–Crippen MR) is 137 cm³/mol. The molecule has 1 aliphatic heterocycles. The minimum absolute atomic E-state index is 0.0399. The lowest BCUT2D eigenvalue weighted by Crippen LogP contribution is -2.28. The monoisotopic (exact) mass is 470 g/mol. The summed E-state index contributed by atoms with van der Waals surface area (Å²) in [5.41, 5.74) is 8.50. The molecule has 3 aromatic rings. The van der Waals surface area contributed by atoms with E-state index in [2.05, 4.69) is 15.6 Å². The van der Waals surface area contributed by atoms with Crippen LogP contribution in [0.5, 0.6) is 5.75 Å². The largest absolute Gasteiger partial charge is 0.505 e. The lowest BCUT2D eigenvalue weighted by molar-refractivity contribution is -0.138. The number of rotatable bonds is 6. The van der Waals surface area contributed by atoms with Crippen molar-refractivity contribution in [2.24, 2.45) is 10.2 Å². The van der Waals surface area contributed by atoms with Gasteiger partial charge in [-0.2, -0.15) is 15.2 Å². The van der Waals surface area contributed by atoms with Crippen LogP contribution in [0.2, 0.25) is 0 Å². The van der Waals surface area contributed by atoms with Gasteiger partial charge in [0.1, 0.15) is 5.75 Å². The van der Waals surface area contributed by atoms with Gasteiger partial charge in [-0.1, -0.05) is 42.5 Å². The van der Waals surface area contributed by atoms with Gasteiger partial charge < -0.3 is 10.2 Å². The second-order valence-electron chi connectivity index (χ2n) is 8.53. The van der Waals surface area contributed by atoms with Gasteiger partial charge in [-0.3, -0.25) is 15.0 Å². The van der Waals surface area contributed by atoms with Crippen molar-refractivity contribution in [3.63, 3.8) is 0 Å². The number of carbonyl (C=O) groups is 2. The summed E-state index contributed by atoms with van der Waals surface area (Å²) in [6.45, 7) is 7.30. The number of carbonyl (C=O) groups excluding carboxylic acids is 1. The van der Waals surface area contributed by atoms with E-state index in [-0.39, 0.29) is 17.4 Å². The van der Waals surface area contributed by atoms with E-state index < -0.39 is 11.9 Å². The third-order valence-electron chi connectivity index (χ3n) is 6.14. The number of amides is 1. The van der Waals surface area contributed by atoms with Gasteiger partial charge in [0.25, 0.3) is 0 Å². The number of benzene rings is 3. The highest BCUT2D eigenvalue weighted by Crippen LogP contribution is 2.36. The normalized spacial score (nSPS) is 15.3. The lowest BCUT2D eigenvalue weighted by atomic mass is 9.97. The number of hydrazone groups is 2. The molecule has 3 aromatic carbocycles. The molecular formula is C27H26N4O4. The first-order valence-electron chi connectivity index (χ1n) is 11.1. The standard InChI is InChI=1S/C27H26N4O4/c1-15-8-13-21(14-16(15)2)31-26(33)24(18(4)30-31)29-28-23-7-5-6-22(25(23)32)20-11-9-19(10-12-20)17(3)27(34)35/h5-14,17,28,32H,1-4H3,(H,34,35)/b29-24-/t17-/m1/s1. The van der Waals surface area contributed by atoms with Gasteiger partial charge in [-0.05, 0) is 68.1 Å². The van der Waals surface area contributed by atoms with Gasteiger partial charge in [0.05, 0.1) is 23.0 Å². The summed E-state index contributed by atoms with van der Waals surface area (Å²) in [5, 5.41) is 30.0. The van der Waals surface area contributed by atoms with Crippen LogP contribution < -0.4 is 10.4 Å². The van der Waals surface area contributed by atoms with Crippen LogP contribution in [-0.4, -0.2) is 33.5 Å². The number of hydrogen-bond acceptors (Lipinski definition) is 6. The highest BCUT2D eigenvalue weighted by molar-refractivity contribution is 6.71. The summed E-state index contributed by atoms with van der Waals surface area (Å²) in [6.07, 6.45) is 0. The molecule has 0 saturated carbocycles. The van der Waals surface area contributed by atoms with E-state index in [1.54, 1.807) is 56.3 Å². The van der Waals surface area contributed by atoms with E-state index >= 15 is 0 Å². The predicted octanol–water partition coefficient (Wildman–Crippen LogP) is 5.05. The molecular weight excluding hydrogens is 444 g/mol. The first kappa shape index (κ1) is 23.7. The number of nitrogens with one attached hydrogen (secondary N) is 1. The Kier molecular flexibility index (Phi) is 6.38. The average molecular weight is 471 g/mol. The molecule has 1 heterocycles. The molecule has 0 fully saturated rings. The highest BCUT2D eigenvalue weighted by atomic mass is 16.4. The molecule has 0 spiro atoms. The Bertz CT molecular complexity index is 1380. The molecule has 4 rings (SSSR count). The molecule has 0 bridgehead atoms. The Balaban J connectivity index is 1.56. The van der Waals surface area contributed by atoms with Crippen molar-refractivity contribution >= 4 is 34.7 Å². The number of nitrogens with zero attached hydrogens (tertiary/aromatic N) is 3. The van der Waals surface area contributed by atoms with Crippen LogP contribution in [0.25, 0.3) is 11.1 Å². The summed E-state index contributed by atoms with van der Waals surface area (Å²) >= 11 is 0. The van der Waals surface area contributed by atoms with Crippen molar-refractivity contribution in [1.29, 1.82) is 0 Å². The zero-order valence-corrected chi connectivity index (χ0v) is 19.9. The average Bonchev–Trinajstić information content (AvgIpc) is 3.13. The highest BCUT2D eigenvalue weighted by Gasteiger charge is 2.31. The second-order valence-corrected chi connectivity index (χ2v) is 8.53. The van der Waals surface area contributed by atoms with Crippen molar-refractivity contribution in [3.05, 3.63) is 77.4 Å².